The number of hydrogen-bond acceptors (Lipinski definition) is 2. The molecule has 0 aromatic heterocycles. The minimum Gasteiger partial charge on any atom is -0.461 e. The Balaban J connectivity index is 2.05. The fourth-order valence-corrected chi connectivity index (χ4v) is 2.14. The van der Waals surface area contributed by atoms with Crippen LogP contribution in [0.25, 0.3) is 0 Å². The van der Waals surface area contributed by atoms with E-state index in [4.69, 9.17) is 0 Å². The van der Waals surface area contributed by atoms with Gasteiger partial charge in [-0.05, 0) is 18.8 Å². The van der Waals surface area contributed by atoms with E-state index in [1.54, 1.807) is 0 Å². The summed E-state index contributed by atoms with van der Waals surface area (Å²) in [6.07, 6.45) is 8.02. The summed E-state index contributed by atoms with van der Waals surface area (Å²) in [5, 5.41) is 0. The fourth-order valence-electron chi connectivity index (χ4n) is 2.14. The molecule has 0 amide bonds. The Labute approximate surface area is 95.4 Å². The predicted octanol–water partition coefficient (Wildman–Crippen LogP) is 3.55. The van der Waals surface area contributed by atoms with Gasteiger partial charge in [-0.25, -0.2) is 4.79 Å². The smallest absolute Gasteiger partial charge is 0.376 e. The van der Waals surface area contributed by atoms with Gasteiger partial charge >= 0.3 is 11.9 Å². The van der Waals surface area contributed by atoms with Crippen LogP contribution in [-0.2, 0) is 9.53 Å². The number of ether oxygens (including phenoxy) is 1. The molecule has 1 rings (SSSR count). The second-order valence-corrected chi connectivity index (χ2v) is 4.67. The van der Waals surface area contributed by atoms with Crippen molar-refractivity contribution in [3.63, 3.8) is 0 Å². The van der Waals surface area contributed by atoms with Crippen LogP contribution in [0.4, 0.5) is 8.78 Å². The number of carbonyl (C=O) groups is 1. The van der Waals surface area contributed by atoms with Crippen LogP contribution in [0.3, 0.4) is 0 Å². The monoisotopic (exact) mass is 234 g/mol. The van der Waals surface area contributed by atoms with Gasteiger partial charge in [0.15, 0.2) is 0 Å². The van der Waals surface area contributed by atoms with Crippen LogP contribution in [0.5, 0.6) is 0 Å². The maximum absolute atomic E-state index is 12.4. The van der Waals surface area contributed by atoms with Crippen LogP contribution in [0, 0.1) is 5.92 Å². The minimum atomic E-state index is -3.36. The highest BCUT2D eigenvalue weighted by atomic mass is 19.3. The predicted molar refractivity (Wildman–Crippen MR) is 57.4 cm³/mol. The molecule has 0 atom stereocenters. The van der Waals surface area contributed by atoms with E-state index in [1.807, 2.05) is 0 Å². The number of carbonyl (C=O) groups excluding carboxylic acids is 1. The summed E-state index contributed by atoms with van der Waals surface area (Å²) in [5.74, 6) is -4.06. The topological polar surface area (TPSA) is 26.3 Å². The number of hydrogen-bond donors (Lipinski definition) is 0. The standard InChI is InChI=1S/C12H20F2O2/c1-12(13,14)11(15)16-9-5-8-10-6-3-2-4-7-10/h10H,2-9H2,1H3. The molecule has 0 bridgehead atoms. The van der Waals surface area contributed by atoms with Crippen LogP contribution in [0.2, 0.25) is 0 Å². The highest BCUT2D eigenvalue weighted by molar-refractivity contribution is 5.76. The van der Waals surface area contributed by atoms with E-state index in [2.05, 4.69) is 4.74 Å². The molecule has 4 heteroatoms. The lowest BCUT2D eigenvalue weighted by atomic mass is 9.86. The minimum absolute atomic E-state index is 0.124. The largest absolute Gasteiger partial charge is 0.461 e. The van der Waals surface area contributed by atoms with E-state index >= 15 is 0 Å². The summed E-state index contributed by atoms with van der Waals surface area (Å²) in [6, 6.07) is 0. The summed E-state index contributed by atoms with van der Waals surface area (Å²) >= 11 is 0. The molecule has 0 aliphatic heterocycles. The third kappa shape index (κ3) is 4.90. The molecule has 1 saturated carbocycles. The Morgan fingerprint density at radius 1 is 1.31 bits per heavy atom. The van der Waals surface area contributed by atoms with Crippen molar-refractivity contribution in [2.75, 3.05) is 6.61 Å². The third-order valence-corrected chi connectivity index (χ3v) is 3.07. The molecule has 0 heterocycles. The molecule has 1 fully saturated rings. The summed E-state index contributed by atoms with van der Waals surface area (Å²) in [7, 11) is 0. The molecule has 0 aromatic carbocycles. The zero-order valence-electron chi connectivity index (χ0n) is 9.81. The zero-order valence-corrected chi connectivity index (χ0v) is 9.81. The molecular weight excluding hydrogens is 214 g/mol. The Morgan fingerprint density at radius 3 is 2.50 bits per heavy atom. The van der Waals surface area contributed by atoms with E-state index in [0.29, 0.717) is 19.3 Å². The summed E-state index contributed by atoms with van der Waals surface area (Å²) < 4.78 is 29.4. The molecular formula is C12H20F2O2. The molecule has 0 radical (unpaired) electrons. The van der Waals surface area contributed by atoms with E-state index in [0.717, 1.165) is 6.42 Å². The SMILES string of the molecule is CC(F)(F)C(=O)OCCCC1CCCCC1. The van der Waals surface area contributed by atoms with Gasteiger partial charge < -0.3 is 4.74 Å². The van der Waals surface area contributed by atoms with Gasteiger partial charge in [-0.1, -0.05) is 32.1 Å². The number of halogens is 2. The van der Waals surface area contributed by atoms with Gasteiger partial charge in [0.05, 0.1) is 6.61 Å². The molecule has 1 aliphatic carbocycles. The molecule has 0 N–H and O–H groups in total. The molecule has 94 valence electrons. The van der Waals surface area contributed by atoms with Gasteiger partial charge in [-0.2, -0.15) is 8.78 Å². The van der Waals surface area contributed by atoms with E-state index in [-0.39, 0.29) is 6.61 Å². The first-order chi connectivity index (χ1) is 7.50. The summed E-state index contributed by atoms with van der Waals surface area (Å²) in [4.78, 5) is 10.7. The maximum Gasteiger partial charge on any atom is 0.376 e. The first-order valence-electron chi connectivity index (χ1n) is 6.05. The molecule has 0 aromatic rings. The Bertz CT molecular complexity index is 218. The average Bonchev–Trinajstić information content (AvgIpc) is 2.24. The van der Waals surface area contributed by atoms with Gasteiger partial charge in [-0.3, -0.25) is 0 Å². The van der Waals surface area contributed by atoms with Crippen molar-refractivity contribution in [1.29, 1.82) is 0 Å². The van der Waals surface area contributed by atoms with E-state index in [1.165, 1.54) is 32.1 Å². The van der Waals surface area contributed by atoms with Crippen molar-refractivity contribution < 1.29 is 18.3 Å². The van der Waals surface area contributed by atoms with Crippen molar-refractivity contribution in [3.8, 4) is 0 Å². The molecule has 16 heavy (non-hydrogen) atoms. The normalized spacial score (nSPS) is 18.4. The Hall–Kier alpha value is -0.670. The first-order valence-corrected chi connectivity index (χ1v) is 6.05. The highest BCUT2D eigenvalue weighted by Gasteiger charge is 2.34. The van der Waals surface area contributed by atoms with Crippen molar-refractivity contribution >= 4 is 5.97 Å². The van der Waals surface area contributed by atoms with Gasteiger partial charge in [0.25, 0.3) is 0 Å². The highest BCUT2D eigenvalue weighted by Crippen LogP contribution is 2.27. The number of rotatable bonds is 5. The second kappa shape index (κ2) is 6.16. The van der Waals surface area contributed by atoms with Crippen molar-refractivity contribution in [3.05, 3.63) is 0 Å². The summed E-state index contributed by atoms with van der Waals surface area (Å²) in [5.41, 5.74) is 0. The number of alkyl halides is 2. The fraction of sp³-hybridized carbons (Fsp3) is 0.917. The molecule has 1 aliphatic rings. The quantitative estimate of drug-likeness (QED) is 0.537. The van der Waals surface area contributed by atoms with Crippen LogP contribution < -0.4 is 0 Å². The van der Waals surface area contributed by atoms with Gasteiger partial charge in [0.2, 0.25) is 0 Å². The van der Waals surface area contributed by atoms with Crippen molar-refractivity contribution in [1.82, 2.24) is 0 Å². The Morgan fingerprint density at radius 2 is 1.94 bits per heavy atom. The summed E-state index contributed by atoms with van der Waals surface area (Å²) in [6.45, 7) is 0.690. The Kier molecular flexibility index (Phi) is 5.16. The molecule has 0 spiro atoms. The molecule has 2 nitrogen and oxygen atoms in total. The first kappa shape index (κ1) is 13.4. The second-order valence-electron chi connectivity index (χ2n) is 4.67. The average molecular weight is 234 g/mol. The lowest BCUT2D eigenvalue weighted by Gasteiger charge is -2.21. The maximum atomic E-state index is 12.4. The van der Waals surface area contributed by atoms with Gasteiger partial charge in [0, 0.05) is 6.92 Å². The molecule has 0 saturated heterocycles. The molecule has 0 unspecified atom stereocenters. The van der Waals surface area contributed by atoms with Crippen molar-refractivity contribution in [2.24, 2.45) is 5.92 Å². The number of esters is 1. The van der Waals surface area contributed by atoms with Crippen molar-refractivity contribution in [2.45, 2.75) is 57.8 Å². The van der Waals surface area contributed by atoms with Crippen LogP contribution >= 0.6 is 0 Å². The van der Waals surface area contributed by atoms with E-state index < -0.39 is 11.9 Å². The van der Waals surface area contributed by atoms with E-state index in [9.17, 15) is 13.6 Å². The van der Waals surface area contributed by atoms with Crippen LogP contribution in [0.15, 0.2) is 0 Å². The lowest BCUT2D eigenvalue weighted by Crippen LogP contribution is -2.27. The van der Waals surface area contributed by atoms with Crippen LogP contribution in [0.1, 0.15) is 51.9 Å². The van der Waals surface area contributed by atoms with Gasteiger partial charge in [-0.15, -0.1) is 0 Å². The van der Waals surface area contributed by atoms with Crippen LogP contribution in [-0.4, -0.2) is 18.5 Å². The van der Waals surface area contributed by atoms with Gasteiger partial charge in [0.1, 0.15) is 0 Å². The third-order valence-electron chi connectivity index (χ3n) is 3.07. The zero-order chi connectivity index (χ0) is 12.0. The lowest BCUT2D eigenvalue weighted by molar-refractivity contribution is -0.169.